The summed E-state index contributed by atoms with van der Waals surface area (Å²) in [6, 6.07) is 7.81. The highest BCUT2D eigenvalue weighted by molar-refractivity contribution is 9.10. The average Bonchev–Trinajstić information content (AvgIpc) is 2.38. The van der Waals surface area contributed by atoms with E-state index in [0.717, 1.165) is 17.7 Å². The van der Waals surface area contributed by atoms with Crippen molar-refractivity contribution in [3.63, 3.8) is 0 Å². The predicted molar refractivity (Wildman–Crippen MR) is 74.5 cm³/mol. The van der Waals surface area contributed by atoms with Gasteiger partial charge in [-0.1, -0.05) is 12.1 Å². The Morgan fingerprint density at radius 3 is 2.40 bits per heavy atom. The van der Waals surface area contributed by atoms with Crippen molar-refractivity contribution in [2.45, 2.75) is 6.54 Å². The summed E-state index contributed by atoms with van der Waals surface area (Å²) in [5, 5.41) is 13.3. The van der Waals surface area contributed by atoms with Crippen molar-refractivity contribution in [3.05, 3.63) is 68.2 Å². The Bertz CT molecular complexity index is 624. The Hall–Kier alpha value is -2.02. The highest BCUT2D eigenvalue weighted by Crippen LogP contribution is 2.27. The number of rotatable bonds is 4. The van der Waals surface area contributed by atoms with Gasteiger partial charge in [0, 0.05) is 29.2 Å². The summed E-state index contributed by atoms with van der Waals surface area (Å²) >= 11 is 3.07. The van der Waals surface area contributed by atoms with Crippen LogP contribution in [0.2, 0.25) is 0 Å². The van der Waals surface area contributed by atoms with Crippen LogP contribution in [-0.2, 0) is 6.54 Å². The van der Waals surface area contributed by atoms with Gasteiger partial charge >= 0.3 is 0 Å². The molecule has 0 aliphatic carbocycles. The number of non-ortho nitro benzene ring substituents is 1. The SMILES string of the molecule is O=[N+]([O-])c1ccc(CNc2c(F)cc(F)cc2Br)cc1. The van der Waals surface area contributed by atoms with Gasteiger partial charge in [0.05, 0.1) is 10.6 Å². The quantitative estimate of drug-likeness (QED) is 0.667. The van der Waals surface area contributed by atoms with Gasteiger partial charge in [-0.3, -0.25) is 10.1 Å². The third-order valence-electron chi connectivity index (χ3n) is 2.62. The number of nitro benzene ring substituents is 1. The van der Waals surface area contributed by atoms with Crippen LogP contribution < -0.4 is 5.32 Å². The van der Waals surface area contributed by atoms with Gasteiger partial charge in [-0.2, -0.15) is 0 Å². The van der Waals surface area contributed by atoms with Crippen molar-refractivity contribution in [1.29, 1.82) is 0 Å². The Labute approximate surface area is 121 Å². The summed E-state index contributed by atoms with van der Waals surface area (Å²) in [4.78, 5) is 10.0. The zero-order chi connectivity index (χ0) is 14.7. The molecular formula is C13H9BrF2N2O2. The number of benzene rings is 2. The van der Waals surface area contributed by atoms with Gasteiger partial charge < -0.3 is 5.32 Å². The number of nitrogens with one attached hydrogen (secondary N) is 1. The van der Waals surface area contributed by atoms with Crippen LogP contribution in [0.4, 0.5) is 20.2 Å². The van der Waals surface area contributed by atoms with Crippen molar-refractivity contribution >= 4 is 27.3 Å². The van der Waals surface area contributed by atoms with Crippen LogP contribution in [0.3, 0.4) is 0 Å². The first kappa shape index (κ1) is 14.4. The molecular weight excluding hydrogens is 334 g/mol. The van der Waals surface area contributed by atoms with Gasteiger partial charge in [0.25, 0.3) is 5.69 Å². The molecule has 0 saturated heterocycles. The van der Waals surface area contributed by atoms with Gasteiger partial charge in [-0.25, -0.2) is 8.78 Å². The molecule has 0 unspecified atom stereocenters. The van der Waals surface area contributed by atoms with Crippen molar-refractivity contribution in [2.75, 3.05) is 5.32 Å². The van der Waals surface area contributed by atoms with Crippen LogP contribution >= 0.6 is 15.9 Å². The fraction of sp³-hybridized carbons (Fsp3) is 0.0769. The molecule has 0 aliphatic rings. The van der Waals surface area contributed by atoms with Gasteiger partial charge in [0.2, 0.25) is 0 Å². The van der Waals surface area contributed by atoms with E-state index in [-0.39, 0.29) is 22.4 Å². The van der Waals surface area contributed by atoms with Crippen molar-refractivity contribution in [1.82, 2.24) is 0 Å². The minimum atomic E-state index is -0.709. The second-order valence-corrected chi connectivity index (χ2v) is 4.88. The first-order chi connectivity index (χ1) is 9.47. The second kappa shape index (κ2) is 5.96. The number of hydrogen-bond acceptors (Lipinski definition) is 3. The first-order valence-corrected chi connectivity index (χ1v) is 6.38. The minimum Gasteiger partial charge on any atom is -0.378 e. The predicted octanol–water partition coefficient (Wildman–Crippen LogP) is 4.25. The van der Waals surface area contributed by atoms with E-state index in [4.69, 9.17) is 0 Å². The lowest BCUT2D eigenvalue weighted by molar-refractivity contribution is -0.384. The number of nitro groups is 1. The van der Waals surface area contributed by atoms with Crippen LogP contribution in [0.25, 0.3) is 0 Å². The van der Waals surface area contributed by atoms with E-state index in [0.29, 0.717) is 0 Å². The van der Waals surface area contributed by atoms with E-state index < -0.39 is 16.6 Å². The lowest BCUT2D eigenvalue weighted by atomic mass is 10.2. The average molecular weight is 343 g/mol. The molecule has 0 saturated carbocycles. The summed E-state index contributed by atoms with van der Waals surface area (Å²) < 4.78 is 26.8. The molecule has 0 fully saturated rings. The van der Waals surface area contributed by atoms with Gasteiger partial charge in [-0.15, -0.1) is 0 Å². The molecule has 0 radical (unpaired) electrons. The lowest BCUT2D eigenvalue weighted by Crippen LogP contribution is -2.03. The number of hydrogen-bond donors (Lipinski definition) is 1. The fourth-order valence-corrected chi connectivity index (χ4v) is 2.19. The van der Waals surface area contributed by atoms with E-state index in [9.17, 15) is 18.9 Å². The third-order valence-corrected chi connectivity index (χ3v) is 3.25. The summed E-state index contributed by atoms with van der Waals surface area (Å²) in [5.74, 6) is -1.38. The molecule has 2 rings (SSSR count). The summed E-state index contributed by atoms with van der Waals surface area (Å²) in [7, 11) is 0. The molecule has 20 heavy (non-hydrogen) atoms. The molecule has 0 aromatic heterocycles. The van der Waals surface area contributed by atoms with E-state index in [1.165, 1.54) is 12.1 Å². The zero-order valence-corrected chi connectivity index (χ0v) is 11.7. The normalized spacial score (nSPS) is 10.3. The van der Waals surface area contributed by atoms with Crippen molar-refractivity contribution < 1.29 is 13.7 Å². The molecule has 0 aliphatic heterocycles. The Balaban J connectivity index is 2.11. The maximum Gasteiger partial charge on any atom is 0.269 e. The Morgan fingerprint density at radius 2 is 1.85 bits per heavy atom. The number of nitrogens with zero attached hydrogens (tertiary/aromatic N) is 1. The first-order valence-electron chi connectivity index (χ1n) is 5.59. The van der Waals surface area contributed by atoms with Gasteiger partial charge in [0.15, 0.2) is 0 Å². The summed E-state index contributed by atoms with van der Waals surface area (Å²) in [5.41, 5.74) is 0.874. The minimum absolute atomic E-state index is 0.0112. The number of anilines is 1. The van der Waals surface area contributed by atoms with Crippen molar-refractivity contribution in [2.24, 2.45) is 0 Å². The molecule has 0 spiro atoms. The standard InChI is InChI=1S/C13H9BrF2N2O2/c14-11-5-9(15)6-12(16)13(11)17-7-8-1-3-10(4-2-8)18(19)20/h1-6,17H,7H2. The third kappa shape index (κ3) is 3.30. The largest absolute Gasteiger partial charge is 0.378 e. The second-order valence-electron chi connectivity index (χ2n) is 4.02. The van der Waals surface area contributed by atoms with E-state index in [2.05, 4.69) is 21.2 Å². The van der Waals surface area contributed by atoms with E-state index in [1.54, 1.807) is 12.1 Å². The maximum absolute atomic E-state index is 13.6. The zero-order valence-electron chi connectivity index (χ0n) is 10.1. The molecule has 4 nitrogen and oxygen atoms in total. The molecule has 104 valence electrons. The molecule has 7 heteroatoms. The summed E-state index contributed by atoms with van der Waals surface area (Å²) in [6.07, 6.45) is 0. The van der Waals surface area contributed by atoms with Crippen LogP contribution in [0, 0.1) is 21.7 Å². The highest BCUT2D eigenvalue weighted by atomic mass is 79.9. The van der Waals surface area contributed by atoms with Crippen LogP contribution in [0.5, 0.6) is 0 Å². The summed E-state index contributed by atoms with van der Waals surface area (Å²) in [6.45, 7) is 0.263. The molecule has 1 N–H and O–H groups in total. The topological polar surface area (TPSA) is 55.2 Å². The van der Waals surface area contributed by atoms with E-state index >= 15 is 0 Å². The molecule has 0 heterocycles. The lowest BCUT2D eigenvalue weighted by Gasteiger charge is -2.10. The highest BCUT2D eigenvalue weighted by Gasteiger charge is 2.10. The molecule has 0 amide bonds. The van der Waals surface area contributed by atoms with Gasteiger partial charge in [0.1, 0.15) is 11.6 Å². The van der Waals surface area contributed by atoms with Gasteiger partial charge in [-0.05, 0) is 27.6 Å². The molecule has 0 atom stereocenters. The maximum atomic E-state index is 13.6. The monoisotopic (exact) mass is 342 g/mol. The molecule has 2 aromatic rings. The Morgan fingerprint density at radius 1 is 1.20 bits per heavy atom. The molecule has 0 bridgehead atoms. The van der Waals surface area contributed by atoms with Crippen molar-refractivity contribution in [3.8, 4) is 0 Å². The number of halogens is 3. The molecule has 2 aromatic carbocycles. The smallest absolute Gasteiger partial charge is 0.269 e. The van der Waals surface area contributed by atoms with Crippen LogP contribution in [0.1, 0.15) is 5.56 Å². The van der Waals surface area contributed by atoms with Crippen LogP contribution in [-0.4, -0.2) is 4.92 Å². The Kier molecular flexibility index (Phi) is 4.29. The fourth-order valence-electron chi connectivity index (χ4n) is 1.64. The van der Waals surface area contributed by atoms with Crippen LogP contribution in [0.15, 0.2) is 40.9 Å². The van der Waals surface area contributed by atoms with E-state index in [1.807, 2.05) is 0 Å².